The van der Waals surface area contributed by atoms with Gasteiger partial charge in [-0.25, -0.2) is 10.2 Å². The van der Waals surface area contributed by atoms with Gasteiger partial charge in [-0.3, -0.25) is 9.59 Å². The average Bonchev–Trinajstić information content (AvgIpc) is 2.89. The number of hydrogen-bond acceptors (Lipinski definition) is 7. The second-order valence-electron chi connectivity index (χ2n) is 7.14. The monoisotopic (exact) mass is 475 g/mol. The number of anilines is 1. The molecule has 0 heterocycles. The van der Waals surface area contributed by atoms with Gasteiger partial charge in [0.2, 0.25) is 0 Å². The number of methoxy groups -OCH3 is 1. The highest BCUT2D eigenvalue weighted by atomic mass is 16.6. The molecule has 35 heavy (non-hydrogen) atoms. The van der Waals surface area contributed by atoms with E-state index < -0.39 is 17.8 Å². The fraction of sp³-hybridized carbons (Fsp3) is 0.154. The van der Waals surface area contributed by atoms with Crippen molar-refractivity contribution in [3.8, 4) is 17.2 Å². The molecule has 0 fully saturated rings. The SMILES string of the molecule is CCOc1ccccc1NC(=O)C(=O)N/N=C(\C)c1ccc(OC(=O)c2ccccc2)c(OC)c1. The molecular formula is C26H25N3O6. The van der Waals surface area contributed by atoms with E-state index in [2.05, 4.69) is 15.8 Å². The molecule has 9 nitrogen and oxygen atoms in total. The quantitative estimate of drug-likeness (QED) is 0.168. The molecule has 0 saturated carbocycles. The van der Waals surface area contributed by atoms with Crippen molar-refractivity contribution in [2.75, 3.05) is 19.0 Å². The van der Waals surface area contributed by atoms with E-state index in [1.165, 1.54) is 7.11 Å². The highest BCUT2D eigenvalue weighted by Crippen LogP contribution is 2.29. The summed E-state index contributed by atoms with van der Waals surface area (Å²) in [5, 5.41) is 6.49. The molecule has 3 rings (SSSR count). The summed E-state index contributed by atoms with van der Waals surface area (Å²) in [6.07, 6.45) is 0. The Kier molecular flexibility index (Phi) is 8.55. The normalized spacial score (nSPS) is 10.8. The summed E-state index contributed by atoms with van der Waals surface area (Å²) in [4.78, 5) is 36.8. The van der Waals surface area contributed by atoms with E-state index in [1.54, 1.807) is 79.7 Å². The van der Waals surface area contributed by atoms with E-state index in [1.807, 2.05) is 6.92 Å². The number of nitrogens with zero attached hydrogens (tertiary/aromatic N) is 1. The first-order valence-electron chi connectivity index (χ1n) is 10.8. The zero-order chi connectivity index (χ0) is 25.2. The molecule has 0 radical (unpaired) electrons. The topological polar surface area (TPSA) is 115 Å². The van der Waals surface area contributed by atoms with Crippen molar-refractivity contribution >= 4 is 29.2 Å². The number of carbonyl (C=O) groups is 3. The van der Waals surface area contributed by atoms with Gasteiger partial charge < -0.3 is 19.5 Å². The molecule has 2 amide bonds. The lowest BCUT2D eigenvalue weighted by Gasteiger charge is -2.11. The Labute approximate surface area is 202 Å². The number of amides is 2. The predicted molar refractivity (Wildman–Crippen MR) is 131 cm³/mol. The van der Waals surface area contributed by atoms with Crippen LogP contribution in [0.3, 0.4) is 0 Å². The highest BCUT2D eigenvalue weighted by molar-refractivity contribution is 6.39. The first-order valence-corrected chi connectivity index (χ1v) is 10.8. The molecule has 0 aliphatic rings. The van der Waals surface area contributed by atoms with Crippen molar-refractivity contribution in [2.45, 2.75) is 13.8 Å². The van der Waals surface area contributed by atoms with Crippen LogP contribution < -0.4 is 25.0 Å². The lowest BCUT2D eigenvalue weighted by molar-refractivity contribution is -0.136. The van der Waals surface area contributed by atoms with Gasteiger partial charge in [-0.2, -0.15) is 5.10 Å². The van der Waals surface area contributed by atoms with E-state index in [0.29, 0.717) is 40.6 Å². The zero-order valence-electron chi connectivity index (χ0n) is 19.5. The minimum absolute atomic E-state index is 0.231. The molecule has 3 aromatic rings. The molecule has 9 heteroatoms. The van der Waals surface area contributed by atoms with E-state index in [9.17, 15) is 14.4 Å². The third kappa shape index (κ3) is 6.67. The van der Waals surface area contributed by atoms with Crippen LogP contribution in [0.15, 0.2) is 77.9 Å². The van der Waals surface area contributed by atoms with Crippen LogP contribution in [0, 0.1) is 0 Å². The van der Waals surface area contributed by atoms with Crippen molar-refractivity contribution in [3.63, 3.8) is 0 Å². The van der Waals surface area contributed by atoms with Crippen molar-refractivity contribution < 1.29 is 28.6 Å². The van der Waals surface area contributed by atoms with Gasteiger partial charge in [0.15, 0.2) is 11.5 Å². The van der Waals surface area contributed by atoms with Crippen molar-refractivity contribution in [2.24, 2.45) is 5.10 Å². The van der Waals surface area contributed by atoms with Crippen LogP contribution in [0.25, 0.3) is 0 Å². The summed E-state index contributed by atoms with van der Waals surface area (Å²) in [6.45, 7) is 3.88. The maximum absolute atomic E-state index is 12.3. The minimum Gasteiger partial charge on any atom is -0.493 e. The van der Waals surface area contributed by atoms with E-state index in [4.69, 9.17) is 14.2 Å². The molecule has 0 spiro atoms. The number of esters is 1. The number of carbonyl (C=O) groups excluding carboxylic acids is 3. The minimum atomic E-state index is -0.948. The van der Waals surface area contributed by atoms with Gasteiger partial charge in [-0.15, -0.1) is 0 Å². The number of benzene rings is 3. The smallest absolute Gasteiger partial charge is 0.343 e. The third-order valence-electron chi connectivity index (χ3n) is 4.76. The molecular weight excluding hydrogens is 450 g/mol. The van der Waals surface area contributed by atoms with Crippen molar-refractivity contribution in [3.05, 3.63) is 83.9 Å². The number of para-hydroxylation sites is 2. The Morgan fingerprint density at radius 2 is 1.54 bits per heavy atom. The van der Waals surface area contributed by atoms with Crippen molar-refractivity contribution in [1.29, 1.82) is 0 Å². The van der Waals surface area contributed by atoms with Crippen LogP contribution in [-0.2, 0) is 9.59 Å². The number of nitrogens with one attached hydrogen (secondary N) is 2. The molecule has 0 aliphatic carbocycles. The van der Waals surface area contributed by atoms with Gasteiger partial charge in [-0.05, 0) is 56.3 Å². The molecule has 0 aliphatic heterocycles. The summed E-state index contributed by atoms with van der Waals surface area (Å²) >= 11 is 0. The number of hydrazone groups is 1. The first-order chi connectivity index (χ1) is 16.9. The highest BCUT2D eigenvalue weighted by Gasteiger charge is 2.17. The Hall–Kier alpha value is -4.66. The van der Waals surface area contributed by atoms with Gasteiger partial charge in [0.1, 0.15) is 5.75 Å². The van der Waals surface area contributed by atoms with Gasteiger partial charge in [0, 0.05) is 5.56 Å². The molecule has 180 valence electrons. The molecule has 0 bridgehead atoms. The van der Waals surface area contributed by atoms with Crippen LogP contribution >= 0.6 is 0 Å². The van der Waals surface area contributed by atoms with Gasteiger partial charge in [-0.1, -0.05) is 30.3 Å². The van der Waals surface area contributed by atoms with E-state index in [0.717, 1.165) is 0 Å². The van der Waals surface area contributed by atoms with Crippen LogP contribution in [0.5, 0.6) is 17.2 Å². The number of hydrogen-bond donors (Lipinski definition) is 2. The van der Waals surface area contributed by atoms with Gasteiger partial charge in [0.25, 0.3) is 0 Å². The lowest BCUT2D eigenvalue weighted by Crippen LogP contribution is -2.33. The Morgan fingerprint density at radius 1 is 0.829 bits per heavy atom. The predicted octanol–water partition coefficient (Wildman–Crippen LogP) is 3.79. The molecule has 0 aromatic heterocycles. The molecule has 3 aromatic carbocycles. The molecule has 0 unspecified atom stereocenters. The van der Waals surface area contributed by atoms with Crippen molar-refractivity contribution in [1.82, 2.24) is 5.43 Å². The summed E-state index contributed by atoms with van der Waals surface area (Å²) < 4.78 is 16.2. The third-order valence-corrected chi connectivity index (χ3v) is 4.76. The maximum atomic E-state index is 12.3. The molecule has 0 saturated heterocycles. The first kappa shape index (κ1) is 25.0. The van der Waals surface area contributed by atoms with Crippen LogP contribution in [0.1, 0.15) is 29.8 Å². The maximum Gasteiger partial charge on any atom is 0.343 e. The standard InChI is InChI=1S/C26H25N3O6/c1-4-34-21-13-9-8-12-20(21)27-24(30)25(31)29-28-17(2)19-14-15-22(23(16-19)33-3)35-26(32)18-10-6-5-7-11-18/h5-16H,4H2,1-3H3,(H,27,30)(H,29,31)/b28-17+. The number of rotatable bonds is 8. The van der Waals surface area contributed by atoms with E-state index >= 15 is 0 Å². The lowest BCUT2D eigenvalue weighted by atomic mass is 10.1. The second-order valence-corrected chi connectivity index (χ2v) is 7.14. The largest absolute Gasteiger partial charge is 0.493 e. The van der Waals surface area contributed by atoms with Gasteiger partial charge >= 0.3 is 17.8 Å². The number of ether oxygens (including phenoxy) is 3. The Morgan fingerprint density at radius 3 is 2.26 bits per heavy atom. The Balaban J connectivity index is 1.66. The Bertz CT molecular complexity index is 1240. The molecule has 2 N–H and O–H groups in total. The van der Waals surface area contributed by atoms with Crippen LogP contribution in [0.2, 0.25) is 0 Å². The van der Waals surface area contributed by atoms with E-state index in [-0.39, 0.29) is 5.75 Å². The van der Waals surface area contributed by atoms with Gasteiger partial charge in [0.05, 0.1) is 30.7 Å². The fourth-order valence-electron chi connectivity index (χ4n) is 2.99. The zero-order valence-corrected chi connectivity index (χ0v) is 19.5. The average molecular weight is 476 g/mol. The van der Waals surface area contributed by atoms with Crippen LogP contribution in [-0.4, -0.2) is 37.2 Å². The fourth-order valence-corrected chi connectivity index (χ4v) is 2.99. The summed E-state index contributed by atoms with van der Waals surface area (Å²) in [6, 6.07) is 20.2. The summed E-state index contributed by atoms with van der Waals surface area (Å²) in [7, 11) is 1.44. The van der Waals surface area contributed by atoms with Crippen LogP contribution in [0.4, 0.5) is 5.69 Å². The summed E-state index contributed by atoms with van der Waals surface area (Å²) in [5.74, 6) is -1.38. The second kappa shape index (κ2) is 12.0. The molecule has 0 atom stereocenters. The summed E-state index contributed by atoms with van der Waals surface area (Å²) in [5.41, 5.74) is 4.00.